The molecule has 0 radical (unpaired) electrons. The van der Waals surface area contributed by atoms with E-state index >= 15 is 0 Å². The first-order valence-electron chi connectivity index (χ1n) is 9.97. The smallest absolute Gasteiger partial charge is 0.253 e. The van der Waals surface area contributed by atoms with Gasteiger partial charge in [-0.2, -0.15) is 0 Å². The zero-order valence-corrected chi connectivity index (χ0v) is 19.1. The molecule has 0 unspecified atom stereocenters. The molecule has 1 aromatic heterocycles. The predicted octanol–water partition coefficient (Wildman–Crippen LogP) is 3.51. The lowest BCUT2D eigenvalue weighted by Gasteiger charge is -2.20. The fraction of sp³-hybridized carbons (Fsp3) is 0.250. The van der Waals surface area contributed by atoms with E-state index < -0.39 is 12.1 Å². The third-order valence-corrected chi connectivity index (χ3v) is 4.99. The van der Waals surface area contributed by atoms with Gasteiger partial charge in [-0.1, -0.05) is 48.5 Å². The summed E-state index contributed by atoms with van der Waals surface area (Å²) in [5.74, 6) is -0.597. The number of carbonyl (C=O) groups is 1. The Bertz CT molecular complexity index is 976. The van der Waals surface area contributed by atoms with Gasteiger partial charge >= 0.3 is 0 Å². The SMILES string of the molecule is Cl.Cl.N[C@H](Cc1ccccc1F)[C@@H](O)Cc1ncccc1C(=O)NCCc1ccccc1. The predicted molar refractivity (Wildman–Crippen MR) is 129 cm³/mol. The fourth-order valence-corrected chi connectivity index (χ4v) is 3.27. The van der Waals surface area contributed by atoms with Gasteiger partial charge < -0.3 is 16.2 Å². The highest BCUT2D eigenvalue weighted by Crippen LogP contribution is 2.14. The molecule has 8 heteroatoms. The monoisotopic (exact) mass is 479 g/mol. The Kier molecular flexibility index (Phi) is 11.9. The molecule has 0 aliphatic carbocycles. The van der Waals surface area contributed by atoms with Crippen molar-refractivity contribution in [3.8, 4) is 0 Å². The maximum Gasteiger partial charge on any atom is 0.253 e. The number of nitrogens with zero attached hydrogens (tertiary/aromatic N) is 1. The Balaban J connectivity index is 0.00000256. The molecule has 0 bridgehead atoms. The largest absolute Gasteiger partial charge is 0.391 e. The van der Waals surface area contributed by atoms with Crippen LogP contribution in [0.25, 0.3) is 0 Å². The maximum atomic E-state index is 13.8. The van der Waals surface area contributed by atoms with Crippen LogP contribution in [-0.4, -0.2) is 34.7 Å². The number of pyridine rings is 1. The minimum absolute atomic E-state index is 0. The van der Waals surface area contributed by atoms with Crippen molar-refractivity contribution in [1.29, 1.82) is 0 Å². The summed E-state index contributed by atoms with van der Waals surface area (Å²) >= 11 is 0. The number of nitrogens with one attached hydrogen (secondary N) is 1. The lowest BCUT2D eigenvalue weighted by atomic mass is 9.97. The summed E-state index contributed by atoms with van der Waals surface area (Å²) in [6, 6.07) is 18.9. The van der Waals surface area contributed by atoms with Crippen LogP contribution < -0.4 is 11.1 Å². The standard InChI is InChI=1S/C24H26FN3O2.2ClH/c25-20-11-5-4-9-18(20)15-21(26)23(29)16-22-19(10-6-13-27-22)24(30)28-14-12-17-7-2-1-3-8-17;;/h1-11,13,21,23,29H,12,14-16,26H2,(H,28,30);2*1H/t21-,23+;;/m1../s1. The number of aliphatic hydroxyl groups is 1. The van der Waals surface area contributed by atoms with Crippen LogP contribution in [-0.2, 0) is 19.3 Å². The fourth-order valence-electron chi connectivity index (χ4n) is 3.27. The molecule has 1 heterocycles. The van der Waals surface area contributed by atoms with Gasteiger partial charge in [0.25, 0.3) is 5.91 Å². The molecule has 4 N–H and O–H groups in total. The number of amides is 1. The molecular weight excluding hydrogens is 452 g/mol. The minimum Gasteiger partial charge on any atom is -0.391 e. The zero-order valence-electron chi connectivity index (χ0n) is 17.5. The van der Waals surface area contributed by atoms with Gasteiger partial charge in [-0.3, -0.25) is 9.78 Å². The minimum atomic E-state index is -0.963. The molecule has 0 aliphatic rings. The Labute approximate surface area is 200 Å². The normalized spacial score (nSPS) is 12.1. The lowest BCUT2D eigenvalue weighted by Crippen LogP contribution is -2.39. The number of aliphatic hydroxyl groups excluding tert-OH is 1. The third-order valence-electron chi connectivity index (χ3n) is 4.99. The van der Waals surface area contributed by atoms with Crippen molar-refractivity contribution >= 4 is 30.7 Å². The van der Waals surface area contributed by atoms with E-state index in [2.05, 4.69) is 10.3 Å². The molecule has 0 aliphatic heterocycles. The van der Waals surface area contributed by atoms with Gasteiger partial charge in [-0.15, -0.1) is 24.8 Å². The lowest BCUT2D eigenvalue weighted by molar-refractivity contribution is 0.0950. The van der Waals surface area contributed by atoms with Gasteiger partial charge in [0, 0.05) is 25.2 Å². The van der Waals surface area contributed by atoms with Gasteiger partial charge in [0.1, 0.15) is 5.82 Å². The van der Waals surface area contributed by atoms with Crippen molar-refractivity contribution < 1.29 is 14.3 Å². The van der Waals surface area contributed by atoms with Gasteiger partial charge in [0.15, 0.2) is 0 Å². The summed E-state index contributed by atoms with van der Waals surface area (Å²) in [6.07, 6.45) is 1.64. The molecule has 5 nitrogen and oxygen atoms in total. The van der Waals surface area contributed by atoms with Crippen molar-refractivity contribution in [2.24, 2.45) is 5.73 Å². The van der Waals surface area contributed by atoms with E-state index in [9.17, 15) is 14.3 Å². The molecule has 0 spiro atoms. The van der Waals surface area contributed by atoms with E-state index in [1.165, 1.54) is 6.07 Å². The Hall–Kier alpha value is -2.51. The number of benzene rings is 2. The molecule has 172 valence electrons. The molecule has 0 saturated carbocycles. The first kappa shape index (κ1) is 27.5. The first-order valence-corrected chi connectivity index (χ1v) is 9.97. The number of rotatable bonds is 9. The summed E-state index contributed by atoms with van der Waals surface area (Å²) in [4.78, 5) is 16.9. The van der Waals surface area contributed by atoms with E-state index in [0.29, 0.717) is 23.4 Å². The van der Waals surface area contributed by atoms with Crippen LogP contribution in [0, 0.1) is 5.82 Å². The highest BCUT2D eigenvalue weighted by Gasteiger charge is 2.21. The van der Waals surface area contributed by atoms with Crippen LogP contribution in [0.1, 0.15) is 27.2 Å². The van der Waals surface area contributed by atoms with Crippen molar-refractivity contribution in [3.63, 3.8) is 0 Å². The average molecular weight is 480 g/mol. The number of hydrogen-bond acceptors (Lipinski definition) is 4. The van der Waals surface area contributed by atoms with E-state index in [-0.39, 0.29) is 49.4 Å². The van der Waals surface area contributed by atoms with Crippen LogP contribution in [0.15, 0.2) is 72.9 Å². The summed E-state index contributed by atoms with van der Waals surface area (Å²) in [5, 5.41) is 13.4. The molecule has 32 heavy (non-hydrogen) atoms. The third kappa shape index (κ3) is 7.88. The van der Waals surface area contributed by atoms with Crippen molar-refractivity contribution in [3.05, 3.63) is 101 Å². The van der Waals surface area contributed by atoms with Crippen LogP contribution in [0.3, 0.4) is 0 Å². The number of halogens is 3. The van der Waals surface area contributed by atoms with E-state index in [1.54, 1.807) is 36.5 Å². The second-order valence-corrected chi connectivity index (χ2v) is 7.22. The van der Waals surface area contributed by atoms with E-state index in [4.69, 9.17) is 5.73 Å². The van der Waals surface area contributed by atoms with E-state index in [0.717, 1.165) is 12.0 Å². The number of carbonyl (C=O) groups excluding carboxylic acids is 1. The maximum absolute atomic E-state index is 13.8. The molecule has 0 fully saturated rings. The second-order valence-electron chi connectivity index (χ2n) is 7.22. The Morgan fingerprint density at radius 3 is 2.41 bits per heavy atom. The molecule has 2 aromatic carbocycles. The second kappa shape index (κ2) is 13.8. The highest BCUT2D eigenvalue weighted by atomic mass is 35.5. The van der Waals surface area contributed by atoms with Gasteiger partial charge in [0.2, 0.25) is 0 Å². The average Bonchev–Trinajstić information content (AvgIpc) is 2.76. The van der Waals surface area contributed by atoms with Gasteiger partial charge in [-0.25, -0.2) is 4.39 Å². The van der Waals surface area contributed by atoms with Crippen molar-refractivity contribution in [2.45, 2.75) is 31.4 Å². The van der Waals surface area contributed by atoms with Crippen LogP contribution >= 0.6 is 24.8 Å². The number of nitrogens with two attached hydrogens (primary N) is 1. The summed E-state index contributed by atoms with van der Waals surface area (Å²) < 4.78 is 13.8. The van der Waals surface area contributed by atoms with Crippen molar-refractivity contribution in [2.75, 3.05) is 6.54 Å². The molecule has 3 rings (SSSR count). The molecule has 2 atom stereocenters. The first-order chi connectivity index (χ1) is 14.5. The quantitative estimate of drug-likeness (QED) is 0.438. The molecule has 3 aromatic rings. The summed E-state index contributed by atoms with van der Waals surface area (Å²) in [7, 11) is 0. The zero-order chi connectivity index (χ0) is 21.3. The van der Waals surface area contributed by atoms with Gasteiger partial charge in [-0.05, 0) is 42.2 Å². The molecule has 1 amide bonds. The Morgan fingerprint density at radius 1 is 1.00 bits per heavy atom. The number of aromatic nitrogens is 1. The van der Waals surface area contributed by atoms with Gasteiger partial charge in [0.05, 0.1) is 17.4 Å². The Morgan fingerprint density at radius 2 is 1.69 bits per heavy atom. The summed E-state index contributed by atoms with van der Waals surface area (Å²) in [6.45, 7) is 0.493. The van der Waals surface area contributed by atoms with Crippen LogP contribution in [0.4, 0.5) is 4.39 Å². The van der Waals surface area contributed by atoms with E-state index in [1.807, 2.05) is 30.3 Å². The highest BCUT2D eigenvalue weighted by molar-refractivity contribution is 5.95. The number of hydrogen-bond donors (Lipinski definition) is 3. The van der Waals surface area contributed by atoms with Crippen LogP contribution in [0.5, 0.6) is 0 Å². The topological polar surface area (TPSA) is 88.2 Å². The summed E-state index contributed by atoms with van der Waals surface area (Å²) in [5.41, 5.74) is 8.55. The molecule has 0 saturated heterocycles. The molecular formula is C24H28Cl2FN3O2. The van der Waals surface area contributed by atoms with Crippen LogP contribution in [0.2, 0.25) is 0 Å². The van der Waals surface area contributed by atoms with Crippen molar-refractivity contribution in [1.82, 2.24) is 10.3 Å².